The molecule has 4 heteroatoms. The Morgan fingerprint density at radius 1 is 1.25 bits per heavy atom. The van der Waals surface area contributed by atoms with Crippen molar-refractivity contribution < 1.29 is 14.6 Å². The van der Waals surface area contributed by atoms with Gasteiger partial charge in [0, 0.05) is 19.0 Å². The van der Waals surface area contributed by atoms with E-state index in [9.17, 15) is 9.90 Å². The van der Waals surface area contributed by atoms with Crippen molar-refractivity contribution in [3.63, 3.8) is 0 Å². The summed E-state index contributed by atoms with van der Waals surface area (Å²) in [7, 11) is 0. The zero-order valence-electron chi connectivity index (χ0n) is 12.7. The maximum atomic E-state index is 11.8. The van der Waals surface area contributed by atoms with Crippen LogP contribution in [-0.2, 0) is 0 Å². The number of ether oxygens (including phenoxy) is 1. The second-order valence-corrected chi connectivity index (χ2v) is 4.73. The molecule has 20 heavy (non-hydrogen) atoms. The molecule has 0 aliphatic heterocycles. The standard InChI is InChI=1S/C16H25NO3/c1-4-7-15(18)14-9-8-13(12-16(14)19)20-11-10-17(5-2)6-3/h8-9,12,19H,4-7,10-11H2,1-3H3. The zero-order chi connectivity index (χ0) is 15.0. The van der Waals surface area contributed by atoms with Crippen molar-refractivity contribution in [2.75, 3.05) is 26.2 Å². The molecule has 0 spiro atoms. The molecule has 4 nitrogen and oxygen atoms in total. The summed E-state index contributed by atoms with van der Waals surface area (Å²) in [4.78, 5) is 14.0. The highest BCUT2D eigenvalue weighted by Gasteiger charge is 2.11. The summed E-state index contributed by atoms with van der Waals surface area (Å²) in [6, 6.07) is 4.90. The number of hydrogen-bond donors (Lipinski definition) is 1. The number of aromatic hydroxyl groups is 1. The van der Waals surface area contributed by atoms with Crippen LogP contribution in [0.5, 0.6) is 11.5 Å². The third-order valence-corrected chi connectivity index (χ3v) is 3.32. The minimum absolute atomic E-state index is 0.00351. The van der Waals surface area contributed by atoms with Gasteiger partial charge in [0.1, 0.15) is 18.1 Å². The summed E-state index contributed by atoms with van der Waals surface area (Å²) in [6.45, 7) is 9.59. The van der Waals surface area contributed by atoms with Crippen LogP contribution in [0.3, 0.4) is 0 Å². The zero-order valence-corrected chi connectivity index (χ0v) is 12.7. The average molecular weight is 279 g/mol. The Bertz CT molecular complexity index is 428. The first-order chi connectivity index (χ1) is 9.62. The smallest absolute Gasteiger partial charge is 0.166 e. The molecule has 1 aromatic carbocycles. The van der Waals surface area contributed by atoms with Gasteiger partial charge >= 0.3 is 0 Å². The van der Waals surface area contributed by atoms with E-state index >= 15 is 0 Å². The maximum Gasteiger partial charge on any atom is 0.166 e. The van der Waals surface area contributed by atoms with Crippen LogP contribution < -0.4 is 4.74 Å². The third kappa shape index (κ3) is 4.85. The molecule has 0 heterocycles. The number of ketones is 1. The summed E-state index contributed by atoms with van der Waals surface area (Å²) in [5.41, 5.74) is 0.378. The monoisotopic (exact) mass is 279 g/mol. The highest BCUT2D eigenvalue weighted by atomic mass is 16.5. The van der Waals surface area contributed by atoms with Crippen molar-refractivity contribution in [3.8, 4) is 11.5 Å². The van der Waals surface area contributed by atoms with Gasteiger partial charge in [-0.3, -0.25) is 4.79 Å². The Balaban J connectivity index is 2.57. The van der Waals surface area contributed by atoms with Gasteiger partial charge in [0.25, 0.3) is 0 Å². The number of carbonyl (C=O) groups is 1. The molecule has 0 amide bonds. The molecule has 0 aliphatic carbocycles. The van der Waals surface area contributed by atoms with E-state index in [1.165, 1.54) is 6.07 Å². The molecule has 1 rings (SSSR count). The Morgan fingerprint density at radius 2 is 1.95 bits per heavy atom. The van der Waals surface area contributed by atoms with E-state index in [2.05, 4.69) is 18.7 Å². The first-order valence-corrected chi connectivity index (χ1v) is 7.33. The number of phenolic OH excluding ortho intramolecular Hbond substituents is 1. The number of phenols is 1. The van der Waals surface area contributed by atoms with E-state index in [0.29, 0.717) is 24.3 Å². The lowest BCUT2D eigenvalue weighted by Gasteiger charge is -2.18. The van der Waals surface area contributed by atoms with Gasteiger partial charge in [-0.1, -0.05) is 20.8 Å². The van der Waals surface area contributed by atoms with E-state index in [0.717, 1.165) is 26.1 Å². The highest BCUT2D eigenvalue weighted by molar-refractivity contribution is 5.98. The molecule has 0 atom stereocenters. The minimum atomic E-state index is -0.0281. The Labute approximate surface area is 121 Å². The Kier molecular flexibility index (Phi) is 7.09. The molecular weight excluding hydrogens is 254 g/mol. The molecule has 0 saturated carbocycles. The number of nitrogens with zero attached hydrogens (tertiary/aromatic N) is 1. The number of hydrogen-bond acceptors (Lipinski definition) is 4. The summed E-state index contributed by atoms with van der Waals surface area (Å²) in [6.07, 6.45) is 1.23. The molecule has 0 unspecified atom stereocenters. The normalized spacial score (nSPS) is 10.8. The number of benzene rings is 1. The fraction of sp³-hybridized carbons (Fsp3) is 0.562. The summed E-state index contributed by atoms with van der Waals surface area (Å²) >= 11 is 0. The van der Waals surface area contributed by atoms with Crippen LogP contribution in [0.15, 0.2) is 18.2 Å². The largest absolute Gasteiger partial charge is 0.507 e. The lowest BCUT2D eigenvalue weighted by molar-refractivity contribution is 0.0979. The minimum Gasteiger partial charge on any atom is -0.507 e. The van der Waals surface area contributed by atoms with Gasteiger partial charge in [0.05, 0.1) is 5.56 Å². The second kappa shape index (κ2) is 8.59. The van der Waals surface area contributed by atoms with Crippen molar-refractivity contribution in [3.05, 3.63) is 23.8 Å². The fourth-order valence-electron chi connectivity index (χ4n) is 2.03. The van der Waals surface area contributed by atoms with Crippen molar-refractivity contribution in [1.29, 1.82) is 0 Å². The van der Waals surface area contributed by atoms with Gasteiger partial charge in [0.2, 0.25) is 0 Å². The van der Waals surface area contributed by atoms with E-state index in [4.69, 9.17) is 4.74 Å². The number of likely N-dealkylation sites (N-methyl/N-ethyl adjacent to an activating group) is 1. The number of Topliss-reactive ketones (excluding diaryl/α,β-unsaturated/α-hetero) is 1. The van der Waals surface area contributed by atoms with Gasteiger partial charge < -0.3 is 14.7 Å². The van der Waals surface area contributed by atoms with Crippen molar-refractivity contribution in [1.82, 2.24) is 4.90 Å². The van der Waals surface area contributed by atoms with Gasteiger partial charge in [-0.15, -0.1) is 0 Å². The molecule has 0 aromatic heterocycles. The van der Waals surface area contributed by atoms with E-state index in [-0.39, 0.29) is 11.5 Å². The molecule has 1 N–H and O–H groups in total. The average Bonchev–Trinajstić information content (AvgIpc) is 2.44. The van der Waals surface area contributed by atoms with Crippen LogP contribution in [0.1, 0.15) is 44.0 Å². The first kappa shape index (κ1) is 16.5. The fourth-order valence-corrected chi connectivity index (χ4v) is 2.03. The van der Waals surface area contributed by atoms with Crippen LogP contribution in [0, 0.1) is 0 Å². The summed E-state index contributed by atoms with van der Waals surface area (Å²) < 4.78 is 5.60. The van der Waals surface area contributed by atoms with Gasteiger partial charge in [0.15, 0.2) is 5.78 Å². The maximum absolute atomic E-state index is 11.8. The predicted octanol–water partition coefficient (Wildman–Crippen LogP) is 3.10. The summed E-state index contributed by atoms with van der Waals surface area (Å²) in [5.74, 6) is 0.575. The molecule has 1 aromatic rings. The Morgan fingerprint density at radius 3 is 2.50 bits per heavy atom. The van der Waals surface area contributed by atoms with E-state index < -0.39 is 0 Å². The van der Waals surface area contributed by atoms with Crippen LogP contribution in [0.2, 0.25) is 0 Å². The third-order valence-electron chi connectivity index (χ3n) is 3.32. The highest BCUT2D eigenvalue weighted by Crippen LogP contribution is 2.25. The first-order valence-electron chi connectivity index (χ1n) is 7.33. The van der Waals surface area contributed by atoms with E-state index in [1.807, 2.05) is 6.92 Å². The van der Waals surface area contributed by atoms with Gasteiger partial charge in [-0.2, -0.15) is 0 Å². The Hall–Kier alpha value is -1.55. The lowest BCUT2D eigenvalue weighted by atomic mass is 10.1. The topological polar surface area (TPSA) is 49.8 Å². The lowest BCUT2D eigenvalue weighted by Crippen LogP contribution is -2.27. The second-order valence-electron chi connectivity index (χ2n) is 4.73. The van der Waals surface area contributed by atoms with Crippen LogP contribution in [0.25, 0.3) is 0 Å². The van der Waals surface area contributed by atoms with Crippen LogP contribution >= 0.6 is 0 Å². The van der Waals surface area contributed by atoms with Crippen molar-refractivity contribution >= 4 is 5.78 Å². The van der Waals surface area contributed by atoms with Crippen molar-refractivity contribution in [2.45, 2.75) is 33.6 Å². The van der Waals surface area contributed by atoms with Crippen LogP contribution in [0.4, 0.5) is 0 Å². The molecule has 0 saturated heterocycles. The summed E-state index contributed by atoms with van der Waals surface area (Å²) in [5, 5.41) is 9.88. The molecule has 0 radical (unpaired) electrons. The number of rotatable bonds is 9. The molecular formula is C16H25NO3. The molecule has 0 fully saturated rings. The molecule has 0 bridgehead atoms. The predicted molar refractivity (Wildman–Crippen MR) is 80.6 cm³/mol. The van der Waals surface area contributed by atoms with Crippen LogP contribution in [-0.4, -0.2) is 42.0 Å². The quantitative estimate of drug-likeness (QED) is 0.706. The SMILES string of the molecule is CCCC(=O)c1ccc(OCCN(CC)CC)cc1O. The number of carbonyl (C=O) groups excluding carboxylic acids is 1. The molecule has 0 aliphatic rings. The van der Waals surface area contributed by atoms with E-state index in [1.54, 1.807) is 12.1 Å². The van der Waals surface area contributed by atoms with Crippen molar-refractivity contribution in [2.24, 2.45) is 0 Å². The van der Waals surface area contributed by atoms with Gasteiger partial charge in [-0.25, -0.2) is 0 Å². The molecule has 112 valence electrons. The van der Waals surface area contributed by atoms with Gasteiger partial charge in [-0.05, 0) is 31.6 Å².